The number of ether oxygens (including phenoxy) is 2. The van der Waals surface area contributed by atoms with Crippen molar-refractivity contribution in [2.45, 2.75) is 26.2 Å². The lowest BCUT2D eigenvalue weighted by Crippen LogP contribution is -2.13. The van der Waals surface area contributed by atoms with Crippen LogP contribution in [0.1, 0.15) is 52.5 Å². The molecule has 0 unspecified atom stereocenters. The van der Waals surface area contributed by atoms with E-state index in [1.165, 1.54) is 19.2 Å². The van der Waals surface area contributed by atoms with Crippen LogP contribution in [-0.4, -0.2) is 30.4 Å². The van der Waals surface area contributed by atoms with Gasteiger partial charge in [0.05, 0.1) is 17.6 Å². The van der Waals surface area contributed by atoms with Crippen LogP contribution in [0, 0.1) is 10.1 Å². The summed E-state index contributed by atoms with van der Waals surface area (Å²) in [5, 5.41) is 11.2. The van der Waals surface area contributed by atoms with Crippen molar-refractivity contribution in [2.75, 3.05) is 13.7 Å². The fourth-order valence-electron chi connectivity index (χ4n) is 2.49. The molecule has 7 heteroatoms. The normalized spacial score (nSPS) is 11.5. The number of Topliss-reactive ketones (excluding diaryl/α,β-unsaturated/α-hetero) is 1. The van der Waals surface area contributed by atoms with Crippen LogP contribution in [0.25, 0.3) is 0 Å². The zero-order valence-corrected chi connectivity index (χ0v) is 15.4. The average molecular weight is 371 g/mol. The molecule has 0 amide bonds. The summed E-state index contributed by atoms with van der Waals surface area (Å²) in [5.41, 5.74) is 1.24. The van der Waals surface area contributed by atoms with E-state index < -0.39 is 16.6 Å². The number of carbonyl (C=O) groups excluding carboxylic acids is 2. The molecule has 0 aliphatic carbocycles. The molecule has 0 aliphatic rings. The molecule has 0 saturated carbocycles. The van der Waals surface area contributed by atoms with E-state index in [9.17, 15) is 19.7 Å². The van der Waals surface area contributed by atoms with Gasteiger partial charge in [-0.1, -0.05) is 38.1 Å². The molecule has 2 aromatic carbocycles. The molecule has 142 valence electrons. The third kappa shape index (κ3) is 4.91. The van der Waals surface area contributed by atoms with Crippen molar-refractivity contribution in [3.63, 3.8) is 0 Å². The number of nitro groups is 1. The second kappa shape index (κ2) is 8.93. The predicted molar refractivity (Wildman–Crippen MR) is 99.4 cm³/mol. The second-order valence-electron chi connectivity index (χ2n) is 6.07. The highest BCUT2D eigenvalue weighted by Crippen LogP contribution is 2.28. The number of hydrogen-bond donors (Lipinski definition) is 0. The van der Waals surface area contributed by atoms with Crippen molar-refractivity contribution in [3.05, 3.63) is 69.3 Å². The molecule has 0 fully saturated rings. The van der Waals surface area contributed by atoms with E-state index in [1.54, 1.807) is 12.1 Å². The van der Waals surface area contributed by atoms with E-state index in [0.29, 0.717) is 11.5 Å². The molecule has 2 rings (SSSR count). The molecule has 0 bridgehead atoms. The number of esters is 1. The van der Waals surface area contributed by atoms with E-state index in [4.69, 9.17) is 4.74 Å². The SMILES string of the molecule is CC[C@@H](C)c1ccc(C(=O)COc2ccc(C(=O)OC)cc2[N+](=O)[O-])cc1. The van der Waals surface area contributed by atoms with Gasteiger partial charge in [0.1, 0.15) is 0 Å². The summed E-state index contributed by atoms with van der Waals surface area (Å²) < 4.78 is 9.88. The molecule has 0 radical (unpaired) electrons. The molecule has 0 heterocycles. The van der Waals surface area contributed by atoms with Crippen molar-refractivity contribution in [2.24, 2.45) is 0 Å². The number of nitrogens with zero attached hydrogens (tertiary/aromatic N) is 1. The summed E-state index contributed by atoms with van der Waals surface area (Å²) in [6.07, 6.45) is 1.00. The standard InChI is InChI=1S/C20H21NO6/c1-4-13(2)14-5-7-15(8-6-14)18(22)12-27-19-10-9-16(20(23)26-3)11-17(19)21(24)25/h5-11,13H,4,12H2,1-3H3/t13-/m1/s1. The molecular formula is C20H21NO6. The summed E-state index contributed by atoms with van der Waals surface area (Å²) >= 11 is 0. The van der Waals surface area contributed by atoms with Gasteiger partial charge >= 0.3 is 11.7 Å². The van der Waals surface area contributed by atoms with Crippen molar-refractivity contribution in [1.82, 2.24) is 0 Å². The molecule has 0 N–H and O–H groups in total. The summed E-state index contributed by atoms with van der Waals surface area (Å²) in [6, 6.07) is 10.9. The fourth-order valence-corrected chi connectivity index (χ4v) is 2.49. The minimum Gasteiger partial charge on any atom is -0.478 e. The van der Waals surface area contributed by atoms with Gasteiger partial charge in [0.25, 0.3) is 0 Å². The van der Waals surface area contributed by atoms with Gasteiger partial charge in [-0.3, -0.25) is 14.9 Å². The van der Waals surface area contributed by atoms with E-state index >= 15 is 0 Å². The van der Waals surface area contributed by atoms with Gasteiger partial charge in [-0.2, -0.15) is 0 Å². The van der Waals surface area contributed by atoms with Gasteiger partial charge in [0.2, 0.25) is 0 Å². The van der Waals surface area contributed by atoms with E-state index in [-0.39, 0.29) is 23.7 Å². The van der Waals surface area contributed by atoms with Gasteiger partial charge in [0, 0.05) is 11.6 Å². The summed E-state index contributed by atoms with van der Waals surface area (Å²) in [5.74, 6) is -0.669. The van der Waals surface area contributed by atoms with Crippen molar-refractivity contribution in [1.29, 1.82) is 0 Å². The minimum absolute atomic E-state index is 0.0310. The zero-order valence-electron chi connectivity index (χ0n) is 15.4. The molecule has 0 aromatic heterocycles. The van der Waals surface area contributed by atoms with Crippen LogP contribution < -0.4 is 4.74 Å². The first kappa shape index (κ1) is 20.1. The molecule has 0 saturated heterocycles. The van der Waals surface area contributed by atoms with Crippen molar-refractivity contribution < 1.29 is 24.0 Å². The Bertz CT molecular complexity index is 844. The molecule has 27 heavy (non-hydrogen) atoms. The van der Waals surface area contributed by atoms with Crippen LogP contribution in [0.5, 0.6) is 5.75 Å². The van der Waals surface area contributed by atoms with Crippen LogP contribution in [0.2, 0.25) is 0 Å². The van der Waals surface area contributed by atoms with E-state index in [2.05, 4.69) is 18.6 Å². The Labute approximate surface area is 157 Å². The lowest BCUT2D eigenvalue weighted by molar-refractivity contribution is -0.385. The molecule has 2 aromatic rings. The number of carbonyl (C=O) groups is 2. The van der Waals surface area contributed by atoms with E-state index in [1.807, 2.05) is 12.1 Å². The maximum atomic E-state index is 12.3. The zero-order chi connectivity index (χ0) is 20.0. The maximum Gasteiger partial charge on any atom is 0.338 e. The Morgan fingerprint density at radius 2 is 1.74 bits per heavy atom. The smallest absolute Gasteiger partial charge is 0.338 e. The number of benzene rings is 2. The largest absolute Gasteiger partial charge is 0.478 e. The van der Waals surface area contributed by atoms with Gasteiger partial charge in [0.15, 0.2) is 18.1 Å². The molecule has 0 spiro atoms. The maximum absolute atomic E-state index is 12.3. The second-order valence-corrected chi connectivity index (χ2v) is 6.07. The van der Waals surface area contributed by atoms with Gasteiger partial charge in [-0.15, -0.1) is 0 Å². The first-order chi connectivity index (χ1) is 12.9. The number of nitro benzene ring substituents is 1. The predicted octanol–water partition coefficient (Wildman–Crippen LogP) is 4.16. The molecular weight excluding hydrogens is 350 g/mol. The summed E-state index contributed by atoms with van der Waals surface area (Å²) in [7, 11) is 1.18. The van der Waals surface area contributed by atoms with E-state index in [0.717, 1.165) is 18.1 Å². The number of hydrogen-bond acceptors (Lipinski definition) is 6. The monoisotopic (exact) mass is 371 g/mol. The Balaban J connectivity index is 2.12. The fraction of sp³-hybridized carbons (Fsp3) is 0.300. The van der Waals surface area contributed by atoms with Crippen LogP contribution in [0.4, 0.5) is 5.69 Å². The first-order valence-corrected chi connectivity index (χ1v) is 8.50. The van der Waals surface area contributed by atoms with Crippen LogP contribution in [-0.2, 0) is 4.74 Å². The highest BCUT2D eigenvalue weighted by atomic mass is 16.6. The average Bonchev–Trinajstić information content (AvgIpc) is 2.70. The number of methoxy groups -OCH3 is 1. The molecule has 1 atom stereocenters. The summed E-state index contributed by atoms with van der Waals surface area (Å²) in [4.78, 5) is 34.4. The van der Waals surface area contributed by atoms with Crippen molar-refractivity contribution in [3.8, 4) is 5.75 Å². The number of ketones is 1. The van der Waals surface area contributed by atoms with Gasteiger partial charge < -0.3 is 9.47 Å². The highest BCUT2D eigenvalue weighted by molar-refractivity contribution is 5.97. The van der Waals surface area contributed by atoms with Crippen LogP contribution in [0.3, 0.4) is 0 Å². The topological polar surface area (TPSA) is 95.7 Å². The minimum atomic E-state index is -0.692. The molecule has 7 nitrogen and oxygen atoms in total. The third-order valence-electron chi connectivity index (χ3n) is 4.35. The molecule has 0 aliphatic heterocycles. The Hall–Kier alpha value is -3.22. The third-order valence-corrected chi connectivity index (χ3v) is 4.35. The quantitative estimate of drug-likeness (QED) is 0.299. The lowest BCUT2D eigenvalue weighted by Gasteiger charge is -2.10. The lowest BCUT2D eigenvalue weighted by atomic mass is 9.97. The van der Waals surface area contributed by atoms with Crippen molar-refractivity contribution >= 4 is 17.4 Å². The van der Waals surface area contributed by atoms with Gasteiger partial charge in [-0.05, 0) is 30.0 Å². The van der Waals surface area contributed by atoms with Crippen LogP contribution in [0.15, 0.2) is 42.5 Å². The number of rotatable bonds is 8. The Morgan fingerprint density at radius 3 is 2.30 bits per heavy atom. The Kier molecular flexibility index (Phi) is 6.65. The van der Waals surface area contributed by atoms with Gasteiger partial charge in [-0.25, -0.2) is 4.79 Å². The highest BCUT2D eigenvalue weighted by Gasteiger charge is 2.20. The Morgan fingerprint density at radius 1 is 1.11 bits per heavy atom. The first-order valence-electron chi connectivity index (χ1n) is 8.50. The van der Waals surface area contributed by atoms with Crippen LogP contribution >= 0.6 is 0 Å². The summed E-state index contributed by atoms with van der Waals surface area (Å²) in [6.45, 7) is 3.86.